The van der Waals surface area contributed by atoms with Crippen LogP contribution >= 0.6 is 11.6 Å². The summed E-state index contributed by atoms with van der Waals surface area (Å²) in [5.41, 5.74) is 5.21. The van der Waals surface area contributed by atoms with E-state index in [2.05, 4.69) is 63.1 Å². The zero-order valence-electron chi connectivity index (χ0n) is 13.6. The predicted octanol–water partition coefficient (Wildman–Crippen LogP) is 6.74. The molecule has 0 amide bonds. The molecule has 1 N–H and O–H groups in total. The van der Waals surface area contributed by atoms with Gasteiger partial charge in [0.05, 0.1) is 5.69 Å². The van der Waals surface area contributed by atoms with Gasteiger partial charge in [-0.15, -0.1) is 0 Å². The minimum absolute atomic E-state index is 0.478. The van der Waals surface area contributed by atoms with E-state index in [0.29, 0.717) is 11.8 Å². The van der Waals surface area contributed by atoms with Crippen LogP contribution in [0.3, 0.4) is 0 Å². The van der Waals surface area contributed by atoms with Crippen LogP contribution in [0.1, 0.15) is 50.7 Å². The zero-order chi connectivity index (χ0) is 15.9. The van der Waals surface area contributed by atoms with Crippen molar-refractivity contribution in [1.82, 2.24) is 4.98 Å². The number of halogens is 1. The number of aromatic amines is 1. The van der Waals surface area contributed by atoms with Crippen LogP contribution < -0.4 is 0 Å². The van der Waals surface area contributed by atoms with Gasteiger partial charge in [0.15, 0.2) is 0 Å². The smallest absolute Gasteiger partial charge is 0.0537 e. The molecular formula is C20H22ClN. The van der Waals surface area contributed by atoms with Gasteiger partial charge in [0.1, 0.15) is 0 Å². The van der Waals surface area contributed by atoms with Crippen LogP contribution in [0.25, 0.3) is 22.0 Å². The van der Waals surface area contributed by atoms with Crippen molar-refractivity contribution in [2.75, 3.05) is 0 Å². The Bertz CT molecular complexity index is 812. The maximum atomic E-state index is 6.19. The topological polar surface area (TPSA) is 15.8 Å². The number of hydrogen-bond donors (Lipinski definition) is 1. The van der Waals surface area contributed by atoms with Gasteiger partial charge in [-0.25, -0.2) is 0 Å². The first-order valence-electron chi connectivity index (χ1n) is 7.88. The summed E-state index contributed by atoms with van der Waals surface area (Å²) in [5, 5.41) is 3.16. The molecule has 1 aromatic heterocycles. The van der Waals surface area contributed by atoms with E-state index in [-0.39, 0.29) is 0 Å². The number of benzene rings is 2. The first kappa shape index (κ1) is 15.2. The van der Waals surface area contributed by atoms with Crippen LogP contribution in [0.4, 0.5) is 0 Å². The molecule has 1 heterocycles. The second-order valence-electron chi connectivity index (χ2n) is 6.55. The number of H-pyrrole nitrogens is 1. The molecule has 0 bridgehead atoms. The molecule has 0 aliphatic heterocycles. The fourth-order valence-corrected chi connectivity index (χ4v) is 3.14. The first-order chi connectivity index (χ1) is 10.5. The van der Waals surface area contributed by atoms with Crippen LogP contribution in [-0.2, 0) is 0 Å². The van der Waals surface area contributed by atoms with Crippen molar-refractivity contribution in [2.24, 2.45) is 0 Å². The summed E-state index contributed by atoms with van der Waals surface area (Å²) in [7, 11) is 0. The first-order valence-corrected chi connectivity index (χ1v) is 8.26. The van der Waals surface area contributed by atoms with Gasteiger partial charge in [-0.05, 0) is 40.5 Å². The molecule has 0 saturated carbocycles. The lowest BCUT2D eigenvalue weighted by Crippen LogP contribution is -1.97. The van der Waals surface area contributed by atoms with Gasteiger partial charge in [-0.1, -0.05) is 63.6 Å². The Morgan fingerprint density at radius 2 is 1.68 bits per heavy atom. The molecule has 0 radical (unpaired) electrons. The van der Waals surface area contributed by atoms with E-state index < -0.39 is 0 Å². The Morgan fingerprint density at radius 1 is 0.909 bits per heavy atom. The Kier molecular flexibility index (Phi) is 4.01. The summed E-state index contributed by atoms with van der Waals surface area (Å²) in [6.45, 7) is 8.98. The molecular weight excluding hydrogens is 290 g/mol. The molecule has 0 fully saturated rings. The summed E-state index contributed by atoms with van der Waals surface area (Å²) in [6.07, 6.45) is 2.06. The summed E-state index contributed by atoms with van der Waals surface area (Å²) >= 11 is 6.19. The maximum absolute atomic E-state index is 6.19. The second-order valence-corrected chi connectivity index (χ2v) is 6.99. The Hall–Kier alpha value is -1.73. The lowest BCUT2D eigenvalue weighted by Gasteiger charge is -2.16. The third-order valence-corrected chi connectivity index (χ3v) is 4.53. The highest BCUT2D eigenvalue weighted by atomic mass is 35.5. The number of rotatable bonds is 3. The van der Waals surface area contributed by atoms with Crippen LogP contribution in [0.5, 0.6) is 0 Å². The Balaban J connectivity index is 2.23. The molecule has 0 saturated heterocycles. The van der Waals surface area contributed by atoms with Crippen LogP contribution in [0, 0.1) is 0 Å². The van der Waals surface area contributed by atoms with Gasteiger partial charge in [-0.3, -0.25) is 0 Å². The minimum Gasteiger partial charge on any atom is -0.360 e. The molecule has 0 spiro atoms. The summed E-state index contributed by atoms with van der Waals surface area (Å²) < 4.78 is 0. The molecule has 3 aromatic rings. The van der Waals surface area contributed by atoms with E-state index in [9.17, 15) is 0 Å². The average molecular weight is 312 g/mol. The van der Waals surface area contributed by atoms with Crippen LogP contribution in [0.2, 0.25) is 5.02 Å². The van der Waals surface area contributed by atoms with E-state index in [1.165, 1.54) is 27.5 Å². The van der Waals surface area contributed by atoms with E-state index >= 15 is 0 Å². The van der Waals surface area contributed by atoms with Crippen molar-refractivity contribution >= 4 is 22.4 Å². The average Bonchev–Trinajstić information content (AvgIpc) is 2.89. The second kappa shape index (κ2) is 5.81. The minimum atomic E-state index is 0.478. The van der Waals surface area contributed by atoms with Crippen molar-refractivity contribution in [3.05, 3.63) is 58.7 Å². The van der Waals surface area contributed by atoms with E-state index in [1.54, 1.807) is 0 Å². The summed E-state index contributed by atoms with van der Waals surface area (Å²) in [5.74, 6) is 1.02. The molecule has 2 aromatic carbocycles. The molecule has 2 heteroatoms. The molecule has 1 nitrogen and oxygen atoms in total. The quantitative estimate of drug-likeness (QED) is 0.551. The zero-order valence-corrected chi connectivity index (χ0v) is 14.3. The number of aromatic nitrogens is 1. The highest BCUT2D eigenvalue weighted by molar-refractivity contribution is 6.31. The molecule has 0 unspecified atom stereocenters. The number of hydrogen-bond acceptors (Lipinski definition) is 0. The summed E-state index contributed by atoms with van der Waals surface area (Å²) in [4.78, 5) is 3.44. The lowest BCUT2D eigenvalue weighted by molar-refractivity contribution is 0.835. The van der Waals surface area contributed by atoms with Crippen molar-refractivity contribution in [3.63, 3.8) is 0 Å². The fourth-order valence-electron chi connectivity index (χ4n) is 2.97. The van der Waals surface area contributed by atoms with E-state index in [4.69, 9.17) is 11.6 Å². The van der Waals surface area contributed by atoms with Crippen LogP contribution in [-0.4, -0.2) is 4.98 Å². The summed E-state index contributed by atoms with van der Waals surface area (Å²) in [6, 6.07) is 12.9. The van der Waals surface area contributed by atoms with Gasteiger partial charge in [0.2, 0.25) is 0 Å². The Labute approximate surface area is 137 Å². The molecule has 114 valence electrons. The maximum Gasteiger partial charge on any atom is 0.0537 e. The van der Waals surface area contributed by atoms with E-state index in [1.807, 2.05) is 12.1 Å². The standard InChI is InChI=1S/C20H22ClN/c1-12(2)14-6-8-17(18(9-14)13(3)4)20-19-10-16(21)7-5-15(19)11-22-20/h5-13,22H,1-4H3. The van der Waals surface area contributed by atoms with Gasteiger partial charge < -0.3 is 4.98 Å². The van der Waals surface area contributed by atoms with Crippen molar-refractivity contribution < 1.29 is 0 Å². The van der Waals surface area contributed by atoms with Gasteiger partial charge in [0, 0.05) is 22.2 Å². The molecule has 0 atom stereocenters. The van der Waals surface area contributed by atoms with Gasteiger partial charge in [0.25, 0.3) is 0 Å². The van der Waals surface area contributed by atoms with Crippen molar-refractivity contribution in [1.29, 1.82) is 0 Å². The molecule has 0 aliphatic carbocycles. The highest BCUT2D eigenvalue weighted by Crippen LogP contribution is 2.36. The third-order valence-electron chi connectivity index (χ3n) is 4.29. The molecule has 0 aliphatic rings. The fraction of sp³-hybridized carbons (Fsp3) is 0.300. The number of fused-ring (bicyclic) bond motifs is 1. The number of nitrogens with one attached hydrogen (secondary N) is 1. The Morgan fingerprint density at radius 3 is 2.36 bits per heavy atom. The normalized spacial score (nSPS) is 11.8. The van der Waals surface area contributed by atoms with Gasteiger partial charge >= 0.3 is 0 Å². The van der Waals surface area contributed by atoms with Gasteiger partial charge in [-0.2, -0.15) is 0 Å². The molecule has 3 rings (SSSR count). The van der Waals surface area contributed by atoms with E-state index in [0.717, 1.165) is 10.7 Å². The SMILES string of the molecule is CC(C)c1ccc(-c2[nH]cc3ccc(Cl)cc23)c(C(C)C)c1. The predicted molar refractivity (Wildman–Crippen MR) is 96.9 cm³/mol. The molecule has 22 heavy (non-hydrogen) atoms. The van der Waals surface area contributed by atoms with Crippen molar-refractivity contribution in [2.45, 2.75) is 39.5 Å². The highest BCUT2D eigenvalue weighted by Gasteiger charge is 2.14. The third kappa shape index (κ3) is 2.66. The van der Waals surface area contributed by atoms with Crippen molar-refractivity contribution in [3.8, 4) is 11.3 Å². The lowest BCUT2D eigenvalue weighted by atomic mass is 9.89. The monoisotopic (exact) mass is 311 g/mol. The largest absolute Gasteiger partial charge is 0.360 e. The van der Waals surface area contributed by atoms with Crippen LogP contribution in [0.15, 0.2) is 42.6 Å².